The van der Waals surface area contributed by atoms with Gasteiger partial charge < -0.3 is 9.32 Å². The lowest BCUT2D eigenvalue weighted by Crippen LogP contribution is -2.22. The van der Waals surface area contributed by atoms with Gasteiger partial charge in [0, 0.05) is 16.8 Å². The lowest BCUT2D eigenvalue weighted by Gasteiger charge is -2.15. The highest BCUT2D eigenvalue weighted by atomic mass is 16.3. The molecule has 1 amide bonds. The molecule has 0 radical (unpaired) electrons. The summed E-state index contributed by atoms with van der Waals surface area (Å²) in [5, 5.41) is 0. The molecule has 1 aromatic heterocycles. The van der Waals surface area contributed by atoms with Crippen molar-refractivity contribution in [1.29, 1.82) is 0 Å². The molecule has 0 saturated carbocycles. The average molecular weight is 340 g/mol. The molecule has 0 saturated heterocycles. The molecule has 4 heteroatoms. The molecule has 5 rings (SSSR count). The minimum atomic E-state index is 0.0300. The molecule has 0 atom stereocenters. The number of aromatic nitrogens is 1. The van der Waals surface area contributed by atoms with Crippen LogP contribution in [0.1, 0.15) is 21.5 Å². The smallest absolute Gasteiger partial charge is 0.258 e. The summed E-state index contributed by atoms with van der Waals surface area (Å²) in [5.41, 5.74) is 6.24. The van der Waals surface area contributed by atoms with E-state index in [0.717, 1.165) is 39.0 Å². The van der Waals surface area contributed by atoms with E-state index in [1.807, 2.05) is 73.7 Å². The third-order valence-electron chi connectivity index (χ3n) is 4.77. The summed E-state index contributed by atoms with van der Waals surface area (Å²) in [4.78, 5) is 19.1. The molecule has 0 bridgehead atoms. The second-order valence-electron chi connectivity index (χ2n) is 6.59. The molecule has 26 heavy (non-hydrogen) atoms. The Balaban J connectivity index is 1.54. The van der Waals surface area contributed by atoms with E-state index in [-0.39, 0.29) is 5.91 Å². The van der Waals surface area contributed by atoms with Gasteiger partial charge in [-0.25, -0.2) is 4.98 Å². The number of hydrogen-bond acceptors (Lipinski definition) is 3. The molecule has 3 aromatic carbocycles. The number of carbonyl (C=O) groups excluding carboxylic acids is 1. The van der Waals surface area contributed by atoms with Gasteiger partial charge >= 0.3 is 0 Å². The van der Waals surface area contributed by atoms with Crippen molar-refractivity contribution in [3.8, 4) is 11.5 Å². The van der Waals surface area contributed by atoms with Crippen LogP contribution in [0.5, 0.6) is 0 Å². The minimum Gasteiger partial charge on any atom is -0.436 e. The summed E-state index contributed by atoms with van der Waals surface area (Å²) in [7, 11) is 0. The van der Waals surface area contributed by atoms with Crippen molar-refractivity contribution in [2.45, 2.75) is 13.5 Å². The monoisotopic (exact) mass is 340 g/mol. The van der Waals surface area contributed by atoms with E-state index in [2.05, 4.69) is 4.98 Å². The summed E-state index contributed by atoms with van der Waals surface area (Å²) < 4.78 is 5.90. The van der Waals surface area contributed by atoms with Crippen LogP contribution in [0.2, 0.25) is 0 Å². The van der Waals surface area contributed by atoms with Gasteiger partial charge in [-0.15, -0.1) is 0 Å². The van der Waals surface area contributed by atoms with Crippen molar-refractivity contribution < 1.29 is 9.21 Å². The topological polar surface area (TPSA) is 46.3 Å². The van der Waals surface area contributed by atoms with Gasteiger partial charge in [0.25, 0.3) is 5.91 Å². The molecule has 4 aromatic rings. The van der Waals surface area contributed by atoms with E-state index >= 15 is 0 Å². The standard InChI is InChI=1S/C22H16N2O2/c1-14-5-4-7-15(11-14)21-23-19-12-17(9-10-20(19)26-21)24-13-16-6-2-3-8-18(16)22(24)25/h2-12H,13H2,1H3. The van der Waals surface area contributed by atoms with Crippen LogP contribution in [0.4, 0.5) is 5.69 Å². The van der Waals surface area contributed by atoms with Gasteiger partial charge in [-0.2, -0.15) is 0 Å². The van der Waals surface area contributed by atoms with Crippen LogP contribution >= 0.6 is 0 Å². The van der Waals surface area contributed by atoms with Crippen molar-refractivity contribution in [3.63, 3.8) is 0 Å². The Bertz CT molecular complexity index is 1160. The van der Waals surface area contributed by atoms with Crippen molar-refractivity contribution >= 4 is 22.7 Å². The van der Waals surface area contributed by atoms with Crippen LogP contribution < -0.4 is 4.90 Å². The fraction of sp³-hybridized carbons (Fsp3) is 0.0909. The predicted octanol–water partition coefficient (Wildman–Crippen LogP) is 4.96. The van der Waals surface area contributed by atoms with Crippen LogP contribution in [-0.4, -0.2) is 10.9 Å². The number of anilines is 1. The van der Waals surface area contributed by atoms with Gasteiger partial charge in [0.1, 0.15) is 5.52 Å². The predicted molar refractivity (Wildman–Crippen MR) is 101 cm³/mol. The number of carbonyl (C=O) groups is 1. The number of amides is 1. The molecule has 0 aliphatic carbocycles. The number of hydrogen-bond donors (Lipinski definition) is 0. The summed E-state index contributed by atoms with van der Waals surface area (Å²) in [6.07, 6.45) is 0. The Morgan fingerprint density at radius 1 is 1.00 bits per heavy atom. The highest BCUT2D eigenvalue weighted by Gasteiger charge is 2.28. The number of aryl methyl sites for hydroxylation is 1. The number of fused-ring (bicyclic) bond motifs is 2. The molecule has 0 unspecified atom stereocenters. The zero-order valence-corrected chi connectivity index (χ0v) is 14.3. The SMILES string of the molecule is Cc1cccc(-c2nc3cc(N4Cc5ccccc5C4=O)ccc3o2)c1. The number of rotatable bonds is 2. The van der Waals surface area contributed by atoms with Gasteiger partial charge in [-0.1, -0.05) is 35.9 Å². The zero-order valence-electron chi connectivity index (χ0n) is 14.3. The Hall–Kier alpha value is -3.40. The van der Waals surface area contributed by atoms with Crippen LogP contribution in [0.25, 0.3) is 22.6 Å². The quantitative estimate of drug-likeness (QED) is 0.518. The first kappa shape index (κ1) is 14.9. The number of benzene rings is 3. The first-order valence-electron chi connectivity index (χ1n) is 8.56. The Morgan fingerprint density at radius 2 is 1.88 bits per heavy atom. The van der Waals surface area contributed by atoms with E-state index in [4.69, 9.17) is 4.42 Å². The first-order valence-corrected chi connectivity index (χ1v) is 8.56. The molecule has 1 aliphatic rings. The average Bonchev–Trinajstić information content (AvgIpc) is 3.23. The lowest BCUT2D eigenvalue weighted by atomic mass is 10.1. The van der Waals surface area contributed by atoms with Crippen LogP contribution in [0, 0.1) is 6.92 Å². The third-order valence-corrected chi connectivity index (χ3v) is 4.77. The fourth-order valence-corrected chi connectivity index (χ4v) is 3.45. The van der Waals surface area contributed by atoms with Gasteiger partial charge in [0.05, 0.1) is 6.54 Å². The maximum absolute atomic E-state index is 12.7. The van der Waals surface area contributed by atoms with E-state index in [0.29, 0.717) is 12.4 Å². The van der Waals surface area contributed by atoms with E-state index < -0.39 is 0 Å². The van der Waals surface area contributed by atoms with E-state index in [1.165, 1.54) is 0 Å². The summed E-state index contributed by atoms with van der Waals surface area (Å²) >= 11 is 0. The maximum Gasteiger partial charge on any atom is 0.258 e. The Kier molecular flexibility index (Phi) is 3.19. The van der Waals surface area contributed by atoms with Crippen LogP contribution in [0.15, 0.2) is 71.1 Å². The largest absolute Gasteiger partial charge is 0.436 e. The summed E-state index contributed by atoms with van der Waals surface area (Å²) in [6, 6.07) is 21.5. The van der Waals surface area contributed by atoms with Crippen molar-refractivity contribution in [2.24, 2.45) is 0 Å². The van der Waals surface area contributed by atoms with E-state index in [9.17, 15) is 4.79 Å². The first-order chi connectivity index (χ1) is 12.7. The molecule has 1 aliphatic heterocycles. The van der Waals surface area contributed by atoms with Gasteiger partial charge in [0.2, 0.25) is 5.89 Å². The second kappa shape index (κ2) is 5.56. The molecular weight excluding hydrogens is 324 g/mol. The molecule has 0 N–H and O–H groups in total. The lowest BCUT2D eigenvalue weighted by molar-refractivity contribution is 0.0996. The fourth-order valence-electron chi connectivity index (χ4n) is 3.45. The second-order valence-corrected chi connectivity index (χ2v) is 6.59. The molecule has 2 heterocycles. The highest BCUT2D eigenvalue weighted by molar-refractivity contribution is 6.10. The molecule has 0 fully saturated rings. The maximum atomic E-state index is 12.7. The minimum absolute atomic E-state index is 0.0300. The van der Waals surface area contributed by atoms with Crippen molar-refractivity contribution in [2.75, 3.05) is 4.90 Å². The van der Waals surface area contributed by atoms with Crippen molar-refractivity contribution in [3.05, 3.63) is 83.4 Å². The molecule has 0 spiro atoms. The van der Waals surface area contributed by atoms with Gasteiger partial charge in [0.15, 0.2) is 5.58 Å². The molecule has 126 valence electrons. The van der Waals surface area contributed by atoms with Gasteiger partial charge in [-0.3, -0.25) is 4.79 Å². The van der Waals surface area contributed by atoms with Crippen molar-refractivity contribution in [1.82, 2.24) is 4.98 Å². The Morgan fingerprint density at radius 3 is 2.73 bits per heavy atom. The Labute approximate surface area is 150 Å². The molecule has 4 nitrogen and oxygen atoms in total. The number of oxazole rings is 1. The van der Waals surface area contributed by atoms with Crippen LogP contribution in [0.3, 0.4) is 0 Å². The molecular formula is C22H16N2O2. The summed E-state index contributed by atoms with van der Waals surface area (Å²) in [6.45, 7) is 2.63. The highest BCUT2D eigenvalue weighted by Crippen LogP contribution is 2.32. The normalized spacial score (nSPS) is 13.4. The zero-order chi connectivity index (χ0) is 17.7. The third kappa shape index (κ3) is 2.30. The van der Waals surface area contributed by atoms with E-state index in [1.54, 1.807) is 4.90 Å². The number of nitrogens with zero attached hydrogens (tertiary/aromatic N) is 2. The van der Waals surface area contributed by atoms with Gasteiger partial charge in [-0.05, 0) is 48.9 Å². The van der Waals surface area contributed by atoms with Crippen LogP contribution in [-0.2, 0) is 6.54 Å². The summed E-state index contributed by atoms with van der Waals surface area (Å²) in [5.74, 6) is 0.624.